The normalized spacial score (nSPS) is 10.5. The summed E-state index contributed by atoms with van der Waals surface area (Å²) in [6, 6.07) is 3.18. The van der Waals surface area contributed by atoms with Gasteiger partial charge in [-0.05, 0) is 34.5 Å². The van der Waals surface area contributed by atoms with Gasteiger partial charge in [0, 0.05) is 16.2 Å². The number of aryl methyl sites for hydroxylation is 1. The van der Waals surface area contributed by atoms with E-state index in [1.807, 2.05) is 6.92 Å². The summed E-state index contributed by atoms with van der Waals surface area (Å²) in [6.45, 7) is 1.36. The quantitative estimate of drug-likeness (QED) is 0.727. The Morgan fingerprint density at radius 2 is 2.08 bits per heavy atom. The van der Waals surface area contributed by atoms with Gasteiger partial charge in [-0.3, -0.25) is 9.89 Å². The SMILES string of the molecule is CCCc1cc(C(=O)OCC(=O)Nc2c(F)cc(F)cc2Br)n[nH]1. The van der Waals surface area contributed by atoms with Crippen molar-refractivity contribution in [3.05, 3.63) is 45.7 Å². The molecule has 2 N–H and O–H groups in total. The standard InChI is InChI=1S/C15H14BrF2N3O3/c1-2-3-9-6-12(21-20-9)15(23)24-7-13(22)19-14-10(16)4-8(17)5-11(14)18/h4-6H,2-3,7H2,1H3,(H,19,22)(H,20,21). The zero-order valence-corrected chi connectivity index (χ0v) is 14.2. The molecule has 1 heterocycles. The van der Waals surface area contributed by atoms with E-state index in [-0.39, 0.29) is 15.9 Å². The summed E-state index contributed by atoms with van der Waals surface area (Å²) >= 11 is 2.94. The van der Waals surface area contributed by atoms with Gasteiger partial charge < -0.3 is 10.1 Å². The van der Waals surface area contributed by atoms with Crippen molar-refractivity contribution in [1.29, 1.82) is 0 Å². The van der Waals surface area contributed by atoms with E-state index in [1.165, 1.54) is 0 Å². The Kier molecular flexibility index (Phi) is 6.02. The van der Waals surface area contributed by atoms with Crippen LogP contribution in [0.2, 0.25) is 0 Å². The molecule has 0 radical (unpaired) electrons. The summed E-state index contributed by atoms with van der Waals surface area (Å²) in [6.07, 6.45) is 1.62. The van der Waals surface area contributed by atoms with Crippen LogP contribution in [0.1, 0.15) is 29.5 Å². The number of nitrogens with one attached hydrogen (secondary N) is 2. The molecule has 0 atom stereocenters. The molecule has 0 fully saturated rings. The zero-order valence-electron chi connectivity index (χ0n) is 12.7. The smallest absolute Gasteiger partial charge is 0.359 e. The van der Waals surface area contributed by atoms with Gasteiger partial charge in [0.05, 0.1) is 5.69 Å². The number of halogens is 3. The Hall–Kier alpha value is -2.29. The third-order valence-corrected chi connectivity index (χ3v) is 3.59. The van der Waals surface area contributed by atoms with Gasteiger partial charge in [-0.15, -0.1) is 0 Å². The van der Waals surface area contributed by atoms with Crippen LogP contribution in [0.15, 0.2) is 22.7 Å². The molecule has 0 saturated carbocycles. The van der Waals surface area contributed by atoms with Crippen LogP contribution in [0, 0.1) is 11.6 Å². The second-order valence-corrected chi connectivity index (χ2v) is 5.75. The van der Waals surface area contributed by atoms with Crippen molar-refractivity contribution in [1.82, 2.24) is 10.2 Å². The molecule has 1 aromatic heterocycles. The lowest BCUT2D eigenvalue weighted by molar-refractivity contribution is -0.119. The van der Waals surface area contributed by atoms with Crippen LogP contribution in [0.5, 0.6) is 0 Å². The van der Waals surface area contributed by atoms with Crippen molar-refractivity contribution in [3.63, 3.8) is 0 Å². The molecule has 0 spiro atoms. The van der Waals surface area contributed by atoms with Gasteiger partial charge in [-0.1, -0.05) is 13.3 Å². The number of hydrogen-bond acceptors (Lipinski definition) is 4. The van der Waals surface area contributed by atoms with Crippen molar-refractivity contribution in [2.75, 3.05) is 11.9 Å². The van der Waals surface area contributed by atoms with Crippen molar-refractivity contribution in [2.45, 2.75) is 19.8 Å². The summed E-state index contributed by atoms with van der Waals surface area (Å²) in [5.41, 5.74) is 0.606. The van der Waals surface area contributed by atoms with Gasteiger partial charge in [0.25, 0.3) is 5.91 Å². The number of carbonyl (C=O) groups excluding carboxylic acids is 2. The van der Waals surface area contributed by atoms with E-state index in [0.717, 1.165) is 24.6 Å². The number of anilines is 1. The third kappa shape index (κ3) is 4.60. The summed E-state index contributed by atoms with van der Waals surface area (Å²) in [5, 5.41) is 8.69. The predicted octanol–water partition coefficient (Wildman–Crippen LogP) is 3.20. The number of rotatable bonds is 6. The predicted molar refractivity (Wildman–Crippen MR) is 85.6 cm³/mol. The average Bonchev–Trinajstić information content (AvgIpc) is 2.97. The molecule has 0 saturated heterocycles. The Morgan fingerprint density at radius 3 is 2.75 bits per heavy atom. The molecule has 0 unspecified atom stereocenters. The molecule has 2 rings (SSSR count). The number of hydrogen-bond donors (Lipinski definition) is 2. The van der Waals surface area contributed by atoms with Crippen LogP contribution in [0.25, 0.3) is 0 Å². The molecule has 6 nitrogen and oxygen atoms in total. The topological polar surface area (TPSA) is 84.1 Å². The number of H-pyrrole nitrogens is 1. The van der Waals surface area contributed by atoms with E-state index in [9.17, 15) is 18.4 Å². The number of aromatic nitrogens is 2. The highest BCUT2D eigenvalue weighted by molar-refractivity contribution is 9.10. The van der Waals surface area contributed by atoms with Crippen LogP contribution >= 0.6 is 15.9 Å². The van der Waals surface area contributed by atoms with Gasteiger partial charge in [0.15, 0.2) is 18.1 Å². The monoisotopic (exact) mass is 401 g/mol. The fourth-order valence-electron chi connectivity index (χ4n) is 1.91. The first-order chi connectivity index (χ1) is 11.4. The number of carbonyl (C=O) groups is 2. The Morgan fingerprint density at radius 1 is 1.33 bits per heavy atom. The van der Waals surface area contributed by atoms with E-state index in [0.29, 0.717) is 6.07 Å². The highest BCUT2D eigenvalue weighted by atomic mass is 79.9. The minimum absolute atomic E-state index is 0.0381. The van der Waals surface area contributed by atoms with Crippen LogP contribution < -0.4 is 5.32 Å². The van der Waals surface area contributed by atoms with Crippen molar-refractivity contribution in [2.24, 2.45) is 0 Å². The molecule has 24 heavy (non-hydrogen) atoms. The first kappa shape index (κ1) is 18.1. The second kappa shape index (κ2) is 8.00. The van der Waals surface area contributed by atoms with E-state index >= 15 is 0 Å². The molecule has 2 aromatic rings. The van der Waals surface area contributed by atoms with Crippen LogP contribution in [0.4, 0.5) is 14.5 Å². The van der Waals surface area contributed by atoms with Gasteiger partial charge in [0.1, 0.15) is 5.82 Å². The fourth-order valence-corrected chi connectivity index (χ4v) is 2.41. The molecule has 128 valence electrons. The van der Waals surface area contributed by atoms with Gasteiger partial charge in [0.2, 0.25) is 0 Å². The fraction of sp³-hybridized carbons (Fsp3) is 0.267. The van der Waals surface area contributed by atoms with Crippen LogP contribution in [-0.4, -0.2) is 28.7 Å². The summed E-state index contributed by atoms with van der Waals surface area (Å²) < 4.78 is 31.4. The highest BCUT2D eigenvalue weighted by Gasteiger charge is 2.16. The summed E-state index contributed by atoms with van der Waals surface area (Å²) in [7, 11) is 0. The number of aromatic amines is 1. The van der Waals surface area contributed by atoms with Crippen molar-refractivity contribution < 1.29 is 23.1 Å². The van der Waals surface area contributed by atoms with Crippen LogP contribution in [-0.2, 0) is 16.0 Å². The lowest BCUT2D eigenvalue weighted by Crippen LogP contribution is -2.22. The zero-order chi connectivity index (χ0) is 17.7. The minimum atomic E-state index is -0.946. The summed E-state index contributed by atoms with van der Waals surface area (Å²) in [5.74, 6) is -3.27. The van der Waals surface area contributed by atoms with Crippen LogP contribution in [0.3, 0.4) is 0 Å². The Balaban J connectivity index is 1.92. The number of ether oxygens (including phenoxy) is 1. The maximum absolute atomic E-state index is 13.6. The molecule has 0 bridgehead atoms. The van der Waals surface area contributed by atoms with E-state index in [2.05, 4.69) is 31.4 Å². The molecule has 0 aliphatic carbocycles. The first-order valence-electron chi connectivity index (χ1n) is 7.06. The molecule has 0 aliphatic rings. The van der Waals surface area contributed by atoms with Gasteiger partial charge >= 0.3 is 5.97 Å². The van der Waals surface area contributed by atoms with E-state index in [1.54, 1.807) is 6.07 Å². The maximum atomic E-state index is 13.6. The molecule has 0 aliphatic heterocycles. The Labute approximate surface area is 144 Å². The highest BCUT2D eigenvalue weighted by Crippen LogP contribution is 2.26. The largest absolute Gasteiger partial charge is 0.451 e. The molecule has 1 aromatic carbocycles. The van der Waals surface area contributed by atoms with E-state index in [4.69, 9.17) is 4.74 Å². The number of nitrogens with zero attached hydrogens (tertiary/aromatic N) is 1. The lowest BCUT2D eigenvalue weighted by atomic mass is 10.2. The molecular formula is C15H14BrF2N3O3. The van der Waals surface area contributed by atoms with Crippen molar-refractivity contribution in [3.8, 4) is 0 Å². The third-order valence-electron chi connectivity index (χ3n) is 2.97. The molecule has 9 heteroatoms. The minimum Gasteiger partial charge on any atom is -0.451 e. The summed E-state index contributed by atoms with van der Waals surface area (Å²) in [4.78, 5) is 23.5. The maximum Gasteiger partial charge on any atom is 0.359 e. The first-order valence-corrected chi connectivity index (χ1v) is 7.85. The number of esters is 1. The molecular weight excluding hydrogens is 388 g/mol. The second-order valence-electron chi connectivity index (χ2n) is 4.90. The number of benzene rings is 1. The molecule has 1 amide bonds. The van der Waals surface area contributed by atoms with Gasteiger partial charge in [-0.2, -0.15) is 5.10 Å². The van der Waals surface area contributed by atoms with Gasteiger partial charge in [-0.25, -0.2) is 13.6 Å². The average molecular weight is 402 g/mol. The van der Waals surface area contributed by atoms with E-state index < -0.39 is 30.1 Å². The Bertz CT molecular complexity index is 741. The van der Waals surface area contributed by atoms with Crippen molar-refractivity contribution >= 4 is 33.5 Å². The number of amides is 1. The lowest BCUT2D eigenvalue weighted by Gasteiger charge is -2.09.